The summed E-state index contributed by atoms with van der Waals surface area (Å²) in [5.41, 5.74) is 6.06. The fourth-order valence-electron chi connectivity index (χ4n) is 3.42. The van der Waals surface area contributed by atoms with Crippen molar-refractivity contribution in [1.29, 1.82) is 0 Å². The summed E-state index contributed by atoms with van der Waals surface area (Å²) >= 11 is 0. The average molecular weight is 256 g/mol. The van der Waals surface area contributed by atoms with Crippen LogP contribution in [0.3, 0.4) is 0 Å². The van der Waals surface area contributed by atoms with E-state index in [1.54, 1.807) is 0 Å². The lowest BCUT2D eigenvalue weighted by atomic mass is 9.81. The van der Waals surface area contributed by atoms with Gasteiger partial charge in [-0.1, -0.05) is 0 Å². The molecule has 2 aliphatic heterocycles. The lowest BCUT2D eigenvalue weighted by Gasteiger charge is -2.52. The predicted molar refractivity (Wildman–Crippen MR) is 72.6 cm³/mol. The van der Waals surface area contributed by atoms with Gasteiger partial charge in [0.25, 0.3) is 0 Å². The first-order valence-corrected chi connectivity index (χ1v) is 7.08. The first-order chi connectivity index (χ1) is 8.37. The average Bonchev–Trinajstić information content (AvgIpc) is 2.79. The molecule has 0 aromatic carbocycles. The predicted octanol–water partition coefficient (Wildman–Crippen LogP) is 1.24. The molecule has 0 amide bonds. The third-order valence-electron chi connectivity index (χ3n) is 4.51. The minimum atomic E-state index is -0.0897. The van der Waals surface area contributed by atoms with Crippen molar-refractivity contribution >= 4 is 0 Å². The van der Waals surface area contributed by atoms with E-state index < -0.39 is 0 Å². The number of nitrogens with two attached hydrogens (primary N) is 1. The second-order valence-electron chi connectivity index (χ2n) is 6.69. The van der Waals surface area contributed by atoms with E-state index in [2.05, 4.69) is 32.6 Å². The Hall–Kier alpha value is -0.160. The van der Waals surface area contributed by atoms with E-state index in [1.165, 1.54) is 0 Å². The largest absolute Gasteiger partial charge is 0.381 e. The van der Waals surface area contributed by atoms with Crippen molar-refractivity contribution in [3.8, 4) is 0 Å². The molecule has 18 heavy (non-hydrogen) atoms. The van der Waals surface area contributed by atoms with E-state index in [9.17, 15) is 0 Å². The summed E-state index contributed by atoms with van der Waals surface area (Å²) in [4.78, 5) is 2.53. The van der Waals surface area contributed by atoms with Crippen LogP contribution in [0.4, 0.5) is 0 Å². The zero-order valence-electron chi connectivity index (χ0n) is 12.2. The zero-order chi connectivity index (χ0) is 13.4. The van der Waals surface area contributed by atoms with Crippen LogP contribution in [-0.4, -0.2) is 55.0 Å². The van der Waals surface area contributed by atoms with Crippen LogP contribution in [0.5, 0.6) is 0 Å². The standard InChI is InChI=1S/C14H28N2O2/c1-11-7-16(10-13(2,3)18-11)14(4,9-15)12-5-6-17-8-12/h11-12H,5-10,15H2,1-4H3. The highest BCUT2D eigenvalue weighted by molar-refractivity contribution is 4.99. The van der Waals surface area contributed by atoms with E-state index in [-0.39, 0.29) is 17.2 Å². The van der Waals surface area contributed by atoms with Crippen LogP contribution in [0, 0.1) is 5.92 Å². The van der Waals surface area contributed by atoms with E-state index >= 15 is 0 Å². The molecule has 106 valence electrons. The van der Waals surface area contributed by atoms with Gasteiger partial charge in [0, 0.05) is 37.7 Å². The molecule has 0 bridgehead atoms. The SMILES string of the molecule is CC1CN(C(C)(CN)C2CCOC2)CC(C)(C)O1. The summed E-state index contributed by atoms with van der Waals surface area (Å²) < 4.78 is 11.6. The number of ether oxygens (including phenoxy) is 2. The number of hydrogen-bond acceptors (Lipinski definition) is 4. The van der Waals surface area contributed by atoms with Gasteiger partial charge in [0.15, 0.2) is 0 Å². The molecule has 2 N–H and O–H groups in total. The molecule has 0 radical (unpaired) electrons. The Balaban J connectivity index is 2.15. The highest BCUT2D eigenvalue weighted by atomic mass is 16.5. The zero-order valence-corrected chi connectivity index (χ0v) is 12.2. The highest BCUT2D eigenvalue weighted by Gasteiger charge is 2.45. The van der Waals surface area contributed by atoms with Crippen LogP contribution in [0.15, 0.2) is 0 Å². The lowest BCUT2D eigenvalue weighted by Crippen LogP contribution is -2.64. The molecular weight excluding hydrogens is 228 g/mol. The first-order valence-electron chi connectivity index (χ1n) is 7.08. The van der Waals surface area contributed by atoms with E-state index in [0.717, 1.165) is 32.7 Å². The Morgan fingerprint density at radius 1 is 1.44 bits per heavy atom. The Morgan fingerprint density at radius 2 is 2.17 bits per heavy atom. The number of rotatable bonds is 3. The van der Waals surface area contributed by atoms with Crippen molar-refractivity contribution in [2.24, 2.45) is 11.7 Å². The molecule has 0 aromatic rings. The maximum atomic E-state index is 6.11. The molecule has 2 saturated heterocycles. The minimum absolute atomic E-state index is 0.0335. The molecule has 3 atom stereocenters. The summed E-state index contributed by atoms with van der Waals surface area (Å²) in [6.07, 6.45) is 1.39. The Bertz CT molecular complexity index is 290. The number of hydrogen-bond donors (Lipinski definition) is 1. The monoisotopic (exact) mass is 256 g/mol. The van der Waals surface area contributed by atoms with Gasteiger partial charge in [0.1, 0.15) is 0 Å². The Labute approximate surface area is 111 Å². The summed E-state index contributed by atoms with van der Waals surface area (Å²) in [5, 5.41) is 0. The van der Waals surface area contributed by atoms with Crippen molar-refractivity contribution in [3.63, 3.8) is 0 Å². The fourth-order valence-corrected chi connectivity index (χ4v) is 3.42. The maximum absolute atomic E-state index is 6.11. The Kier molecular flexibility index (Phi) is 4.02. The van der Waals surface area contributed by atoms with Crippen LogP contribution in [0.2, 0.25) is 0 Å². The first kappa shape index (κ1) is 14.3. The molecular formula is C14H28N2O2. The lowest BCUT2D eigenvalue weighted by molar-refractivity contribution is -0.157. The number of morpholine rings is 1. The van der Waals surface area contributed by atoms with Gasteiger partial charge in [-0.2, -0.15) is 0 Å². The van der Waals surface area contributed by atoms with Gasteiger partial charge in [-0.05, 0) is 34.1 Å². The molecule has 2 rings (SSSR count). The third kappa shape index (κ3) is 2.72. The van der Waals surface area contributed by atoms with Crippen molar-refractivity contribution < 1.29 is 9.47 Å². The summed E-state index contributed by atoms with van der Waals surface area (Å²) in [5.74, 6) is 0.545. The second kappa shape index (κ2) is 5.08. The molecule has 4 nitrogen and oxygen atoms in total. The van der Waals surface area contributed by atoms with Crippen LogP contribution < -0.4 is 5.73 Å². The van der Waals surface area contributed by atoms with Crippen LogP contribution in [-0.2, 0) is 9.47 Å². The number of nitrogens with zero attached hydrogens (tertiary/aromatic N) is 1. The summed E-state index contributed by atoms with van der Waals surface area (Å²) in [6, 6.07) is 0. The summed E-state index contributed by atoms with van der Waals surface area (Å²) in [7, 11) is 0. The topological polar surface area (TPSA) is 47.7 Å². The van der Waals surface area contributed by atoms with Gasteiger partial charge in [-0.3, -0.25) is 4.90 Å². The van der Waals surface area contributed by atoms with Crippen molar-refractivity contribution in [2.75, 3.05) is 32.8 Å². The molecule has 0 aromatic heterocycles. The van der Waals surface area contributed by atoms with Crippen LogP contribution >= 0.6 is 0 Å². The molecule has 2 aliphatic rings. The van der Waals surface area contributed by atoms with Gasteiger partial charge in [0.2, 0.25) is 0 Å². The van der Waals surface area contributed by atoms with Gasteiger partial charge >= 0.3 is 0 Å². The normalized spacial score (nSPS) is 36.5. The quantitative estimate of drug-likeness (QED) is 0.825. The molecule has 2 heterocycles. The highest BCUT2D eigenvalue weighted by Crippen LogP contribution is 2.34. The molecule has 0 aliphatic carbocycles. The van der Waals surface area contributed by atoms with Crippen molar-refractivity contribution in [1.82, 2.24) is 4.90 Å². The van der Waals surface area contributed by atoms with Gasteiger partial charge in [-0.15, -0.1) is 0 Å². The molecule has 0 spiro atoms. The fraction of sp³-hybridized carbons (Fsp3) is 1.00. The smallest absolute Gasteiger partial charge is 0.0757 e. The van der Waals surface area contributed by atoms with E-state index in [4.69, 9.17) is 15.2 Å². The van der Waals surface area contributed by atoms with Gasteiger partial charge in [0.05, 0.1) is 18.3 Å². The molecule has 3 unspecified atom stereocenters. The summed E-state index contributed by atoms with van der Waals surface area (Å²) in [6.45, 7) is 13.1. The molecule has 4 heteroatoms. The second-order valence-corrected chi connectivity index (χ2v) is 6.69. The maximum Gasteiger partial charge on any atom is 0.0757 e. The minimum Gasteiger partial charge on any atom is -0.381 e. The van der Waals surface area contributed by atoms with E-state index in [0.29, 0.717) is 12.5 Å². The molecule has 2 fully saturated rings. The van der Waals surface area contributed by atoms with Crippen LogP contribution in [0.1, 0.15) is 34.1 Å². The third-order valence-corrected chi connectivity index (χ3v) is 4.51. The van der Waals surface area contributed by atoms with Crippen LogP contribution in [0.25, 0.3) is 0 Å². The van der Waals surface area contributed by atoms with Gasteiger partial charge < -0.3 is 15.2 Å². The molecule has 0 saturated carbocycles. The van der Waals surface area contributed by atoms with Crippen molar-refractivity contribution in [3.05, 3.63) is 0 Å². The Morgan fingerprint density at radius 3 is 2.67 bits per heavy atom. The van der Waals surface area contributed by atoms with Crippen molar-refractivity contribution in [2.45, 2.75) is 51.4 Å². The van der Waals surface area contributed by atoms with Gasteiger partial charge in [-0.25, -0.2) is 0 Å². The van der Waals surface area contributed by atoms with E-state index in [1.807, 2.05) is 0 Å².